The second-order valence-electron chi connectivity index (χ2n) is 4.98. The maximum atomic E-state index is 13.4. The van der Waals surface area contributed by atoms with Crippen LogP contribution in [0.3, 0.4) is 0 Å². The molecule has 0 aromatic heterocycles. The molecular formula is C18H15FO4. The van der Waals surface area contributed by atoms with E-state index in [1.165, 1.54) is 18.2 Å². The highest BCUT2D eigenvalue weighted by Gasteiger charge is 2.21. The van der Waals surface area contributed by atoms with Gasteiger partial charge in [0.1, 0.15) is 19.0 Å². The van der Waals surface area contributed by atoms with E-state index in [1.54, 1.807) is 24.3 Å². The van der Waals surface area contributed by atoms with Crippen molar-refractivity contribution in [2.24, 2.45) is 0 Å². The fourth-order valence-electron chi connectivity index (χ4n) is 2.14. The number of rotatable bonds is 4. The van der Waals surface area contributed by atoms with E-state index in [2.05, 4.69) is 0 Å². The molecule has 118 valence electrons. The number of hydrogen-bond acceptors (Lipinski definition) is 4. The van der Waals surface area contributed by atoms with Crippen LogP contribution in [0.2, 0.25) is 0 Å². The molecule has 0 saturated carbocycles. The van der Waals surface area contributed by atoms with Crippen LogP contribution in [0.5, 0.6) is 11.5 Å². The van der Waals surface area contributed by atoms with Gasteiger partial charge in [0, 0.05) is 11.6 Å². The highest BCUT2D eigenvalue weighted by Crippen LogP contribution is 2.30. The summed E-state index contributed by atoms with van der Waals surface area (Å²) < 4.78 is 29.7. The zero-order valence-electron chi connectivity index (χ0n) is 12.3. The van der Waals surface area contributed by atoms with E-state index in [0.717, 1.165) is 0 Å². The van der Waals surface area contributed by atoms with Crippen LogP contribution < -0.4 is 9.47 Å². The van der Waals surface area contributed by atoms with Crippen molar-refractivity contribution in [3.63, 3.8) is 0 Å². The molecule has 1 atom stereocenters. The first-order valence-electron chi connectivity index (χ1n) is 7.20. The van der Waals surface area contributed by atoms with Gasteiger partial charge in [0.15, 0.2) is 17.6 Å². The van der Waals surface area contributed by atoms with Crippen molar-refractivity contribution >= 4 is 12.0 Å². The number of carbonyl (C=O) groups is 1. The third kappa shape index (κ3) is 3.88. The molecule has 1 unspecified atom stereocenters. The molecule has 4 nitrogen and oxygen atoms in total. The summed E-state index contributed by atoms with van der Waals surface area (Å²) in [4.78, 5) is 11.7. The highest BCUT2D eigenvalue weighted by molar-refractivity contribution is 5.87. The minimum atomic E-state index is -0.560. The lowest BCUT2D eigenvalue weighted by Gasteiger charge is -2.25. The monoisotopic (exact) mass is 314 g/mol. The van der Waals surface area contributed by atoms with E-state index < -0.39 is 11.8 Å². The topological polar surface area (TPSA) is 44.8 Å². The third-order valence-corrected chi connectivity index (χ3v) is 3.28. The van der Waals surface area contributed by atoms with Crippen LogP contribution in [0.15, 0.2) is 54.6 Å². The Kier molecular flexibility index (Phi) is 4.57. The second kappa shape index (κ2) is 6.96. The molecule has 0 amide bonds. The summed E-state index contributed by atoms with van der Waals surface area (Å²) in [7, 11) is 0. The molecule has 2 aromatic carbocycles. The maximum Gasteiger partial charge on any atom is 0.330 e. The van der Waals surface area contributed by atoms with Crippen LogP contribution in [-0.2, 0) is 9.53 Å². The van der Waals surface area contributed by atoms with E-state index in [4.69, 9.17) is 14.2 Å². The van der Waals surface area contributed by atoms with Crippen molar-refractivity contribution in [3.05, 3.63) is 66.0 Å². The van der Waals surface area contributed by atoms with Gasteiger partial charge in [0.2, 0.25) is 0 Å². The zero-order valence-corrected chi connectivity index (χ0v) is 12.3. The van der Waals surface area contributed by atoms with Crippen LogP contribution in [0.1, 0.15) is 5.56 Å². The average molecular weight is 314 g/mol. The molecule has 23 heavy (non-hydrogen) atoms. The Hall–Kier alpha value is -2.82. The standard InChI is InChI=1S/C18H15FO4/c19-15-6-2-1-5-13(15)9-10-18(20)22-12-14-11-21-16-7-3-4-8-17(16)23-14/h1-10,14H,11-12H2/b10-9+. The van der Waals surface area contributed by atoms with Gasteiger partial charge >= 0.3 is 5.97 Å². The Labute approximate surface area is 133 Å². The summed E-state index contributed by atoms with van der Waals surface area (Å²) in [6.07, 6.45) is 2.21. The van der Waals surface area contributed by atoms with Gasteiger partial charge in [0.05, 0.1) is 0 Å². The lowest BCUT2D eigenvalue weighted by Crippen LogP contribution is -2.34. The van der Waals surface area contributed by atoms with Crippen molar-refractivity contribution in [1.29, 1.82) is 0 Å². The van der Waals surface area contributed by atoms with Gasteiger partial charge < -0.3 is 14.2 Å². The van der Waals surface area contributed by atoms with Crippen molar-refractivity contribution in [2.75, 3.05) is 13.2 Å². The molecule has 3 rings (SSSR count). The van der Waals surface area contributed by atoms with Gasteiger partial charge in [-0.05, 0) is 24.3 Å². The Balaban J connectivity index is 1.51. The summed E-state index contributed by atoms with van der Waals surface area (Å²) in [6.45, 7) is 0.371. The number of para-hydroxylation sites is 2. The first kappa shape index (κ1) is 15.1. The first-order chi connectivity index (χ1) is 11.2. The van der Waals surface area contributed by atoms with Crippen LogP contribution >= 0.6 is 0 Å². The Morgan fingerprint density at radius 3 is 2.74 bits per heavy atom. The van der Waals surface area contributed by atoms with Crippen LogP contribution in [0.25, 0.3) is 6.08 Å². The summed E-state index contributed by atoms with van der Waals surface area (Å²) >= 11 is 0. The predicted octanol–water partition coefficient (Wildman–Crippen LogP) is 3.22. The van der Waals surface area contributed by atoms with Crippen molar-refractivity contribution in [2.45, 2.75) is 6.10 Å². The summed E-state index contributed by atoms with van der Waals surface area (Å²) in [6, 6.07) is 13.5. The number of ether oxygens (including phenoxy) is 3. The molecule has 2 aromatic rings. The third-order valence-electron chi connectivity index (χ3n) is 3.28. The molecule has 0 saturated heterocycles. The van der Waals surface area contributed by atoms with Gasteiger partial charge in [-0.25, -0.2) is 9.18 Å². The van der Waals surface area contributed by atoms with Crippen molar-refractivity contribution in [3.8, 4) is 11.5 Å². The Bertz CT molecular complexity index is 726. The second-order valence-corrected chi connectivity index (χ2v) is 4.98. The van der Waals surface area contributed by atoms with Gasteiger partial charge in [-0.15, -0.1) is 0 Å². The number of hydrogen-bond donors (Lipinski definition) is 0. The quantitative estimate of drug-likeness (QED) is 0.642. The molecule has 0 fully saturated rings. The van der Waals surface area contributed by atoms with Gasteiger partial charge in [0.25, 0.3) is 0 Å². The van der Waals surface area contributed by atoms with E-state index in [-0.39, 0.29) is 12.7 Å². The summed E-state index contributed by atoms with van der Waals surface area (Å²) in [5.41, 5.74) is 0.329. The molecule has 0 spiro atoms. The molecule has 0 N–H and O–H groups in total. The van der Waals surface area contributed by atoms with Crippen molar-refractivity contribution in [1.82, 2.24) is 0 Å². The van der Waals surface area contributed by atoms with E-state index in [0.29, 0.717) is 23.7 Å². The normalized spacial score (nSPS) is 16.3. The molecule has 5 heteroatoms. The molecule has 0 bridgehead atoms. The van der Waals surface area contributed by atoms with Gasteiger partial charge in [-0.1, -0.05) is 30.3 Å². The van der Waals surface area contributed by atoms with Crippen LogP contribution in [-0.4, -0.2) is 25.3 Å². The Morgan fingerprint density at radius 1 is 1.17 bits per heavy atom. The van der Waals surface area contributed by atoms with Crippen LogP contribution in [0, 0.1) is 5.82 Å². The minimum Gasteiger partial charge on any atom is -0.486 e. The molecule has 0 aliphatic carbocycles. The number of esters is 1. The molecular weight excluding hydrogens is 299 g/mol. The number of halogens is 1. The Morgan fingerprint density at radius 2 is 1.91 bits per heavy atom. The lowest BCUT2D eigenvalue weighted by atomic mass is 10.2. The molecule has 1 heterocycles. The minimum absolute atomic E-state index is 0.0643. The molecule has 0 radical (unpaired) electrons. The fraction of sp³-hybridized carbons (Fsp3) is 0.167. The van der Waals surface area contributed by atoms with E-state index in [1.807, 2.05) is 18.2 Å². The largest absolute Gasteiger partial charge is 0.486 e. The van der Waals surface area contributed by atoms with E-state index in [9.17, 15) is 9.18 Å². The van der Waals surface area contributed by atoms with Gasteiger partial charge in [-0.2, -0.15) is 0 Å². The molecule has 1 aliphatic rings. The molecule has 1 aliphatic heterocycles. The van der Waals surface area contributed by atoms with E-state index >= 15 is 0 Å². The highest BCUT2D eigenvalue weighted by atomic mass is 19.1. The summed E-state index contributed by atoms with van der Waals surface area (Å²) in [5.74, 6) is 0.351. The lowest BCUT2D eigenvalue weighted by molar-refractivity contribution is -0.140. The maximum absolute atomic E-state index is 13.4. The van der Waals surface area contributed by atoms with Gasteiger partial charge in [-0.3, -0.25) is 0 Å². The SMILES string of the molecule is O=C(/C=C/c1ccccc1F)OCC1COc2ccccc2O1. The average Bonchev–Trinajstić information content (AvgIpc) is 2.59. The number of benzene rings is 2. The number of carbonyl (C=O) groups excluding carboxylic acids is 1. The van der Waals surface area contributed by atoms with Crippen LogP contribution in [0.4, 0.5) is 4.39 Å². The smallest absolute Gasteiger partial charge is 0.330 e. The van der Waals surface area contributed by atoms with Crippen molar-refractivity contribution < 1.29 is 23.4 Å². The zero-order chi connectivity index (χ0) is 16.1. The summed E-state index contributed by atoms with van der Waals surface area (Å²) in [5, 5.41) is 0. The fourth-order valence-corrected chi connectivity index (χ4v) is 2.14. The predicted molar refractivity (Wildman–Crippen MR) is 82.7 cm³/mol. The number of fused-ring (bicyclic) bond motifs is 1. The first-order valence-corrected chi connectivity index (χ1v) is 7.20.